The summed E-state index contributed by atoms with van der Waals surface area (Å²) in [6.07, 6.45) is 0.433. The van der Waals surface area contributed by atoms with Gasteiger partial charge in [-0.25, -0.2) is 0 Å². The number of carbonyl (C=O) groups is 2. The number of nitro benzene ring substituents is 1. The Morgan fingerprint density at radius 3 is 2.55 bits per heavy atom. The van der Waals surface area contributed by atoms with Crippen LogP contribution in [0.15, 0.2) is 42.5 Å². The fourth-order valence-electron chi connectivity index (χ4n) is 3.22. The van der Waals surface area contributed by atoms with Crippen molar-refractivity contribution in [2.24, 2.45) is 0 Å². The van der Waals surface area contributed by atoms with E-state index >= 15 is 0 Å². The van der Waals surface area contributed by atoms with Crippen molar-refractivity contribution in [3.63, 3.8) is 0 Å². The van der Waals surface area contributed by atoms with E-state index in [1.807, 2.05) is 38.1 Å². The molecular weight excluding hydrogens is 402 g/mol. The van der Waals surface area contributed by atoms with E-state index in [1.165, 1.54) is 37.3 Å². The highest BCUT2D eigenvalue weighted by Gasteiger charge is 2.28. The Morgan fingerprint density at radius 1 is 1.23 bits per heavy atom. The monoisotopic (exact) mass is 429 g/mol. The van der Waals surface area contributed by atoms with Gasteiger partial charge < -0.3 is 19.7 Å². The molecule has 0 fully saturated rings. The van der Waals surface area contributed by atoms with Gasteiger partial charge in [0.1, 0.15) is 11.8 Å². The Kier molecular flexibility index (Phi) is 8.36. The summed E-state index contributed by atoms with van der Waals surface area (Å²) in [7, 11) is 2.84. The lowest BCUT2D eigenvalue weighted by molar-refractivity contribution is -0.385. The molecule has 2 aromatic rings. The molecule has 0 unspecified atom stereocenters. The van der Waals surface area contributed by atoms with E-state index in [0.717, 1.165) is 11.1 Å². The quantitative estimate of drug-likeness (QED) is 0.459. The maximum absolute atomic E-state index is 13.0. The van der Waals surface area contributed by atoms with Crippen molar-refractivity contribution in [1.82, 2.24) is 10.2 Å². The van der Waals surface area contributed by atoms with Crippen LogP contribution < -0.4 is 14.8 Å². The molecule has 0 aliphatic heterocycles. The van der Waals surface area contributed by atoms with E-state index in [0.29, 0.717) is 6.42 Å². The van der Waals surface area contributed by atoms with Crippen LogP contribution in [-0.4, -0.2) is 48.4 Å². The zero-order valence-corrected chi connectivity index (χ0v) is 18.1. The highest BCUT2D eigenvalue weighted by molar-refractivity contribution is 5.88. The number of methoxy groups -OCH3 is 1. The third-order valence-electron chi connectivity index (χ3n) is 4.78. The summed E-state index contributed by atoms with van der Waals surface area (Å²) in [5.74, 6) is -0.363. The minimum atomic E-state index is -0.659. The molecule has 0 spiro atoms. The minimum Gasteiger partial charge on any atom is -0.490 e. The van der Waals surface area contributed by atoms with E-state index in [4.69, 9.17) is 9.47 Å². The van der Waals surface area contributed by atoms with E-state index in [9.17, 15) is 19.7 Å². The molecule has 0 aliphatic rings. The van der Waals surface area contributed by atoms with Gasteiger partial charge in [0.2, 0.25) is 11.7 Å². The number of ether oxygens (including phenoxy) is 2. The van der Waals surface area contributed by atoms with Crippen LogP contribution in [0.1, 0.15) is 24.5 Å². The summed E-state index contributed by atoms with van der Waals surface area (Å²) < 4.78 is 10.6. The Balaban J connectivity index is 2.22. The van der Waals surface area contributed by atoms with Crippen LogP contribution in [0.25, 0.3) is 0 Å². The van der Waals surface area contributed by atoms with Gasteiger partial charge in [-0.2, -0.15) is 0 Å². The van der Waals surface area contributed by atoms with Crippen LogP contribution in [0.5, 0.6) is 11.5 Å². The molecule has 9 nitrogen and oxygen atoms in total. The van der Waals surface area contributed by atoms with E-state index in [2.05, 4.69) is 5.32 Å². The molecule has 0 radical (unpaired) electrons. The number of nitrogens with zero attached hydrogens (tertiary/aromatic N) is 2. The highest BCUT2D eigenvalue weighted by Crippen LogP contribution is 2.30. The average Bonchev–Trinajstić information content (AvgIpc) is 2.76. The van der Waals surface area contributed by atoms with Crippen molar-refractivity contribution in [2.45, 2.75) is 32.9 Å². The zero-order valence-electron chi connectivity index (χ0n) is 18.1. The molecule has 0 heterocycles. The number of benzene rings is 2. The van der Waals surface area contributed by atoms with Crippen molar-refractivity contribution in [3.8, 4) is 11.5 Å². The summed E-state index contributed by atoms with van der Waals surface area (Å²) in [6, 6.07) is 11.0. The second kappa shape index (κ2) is 11.0. The number of nitro groups is 1. The number of carbonyl (C=O) groups excluding carboxylic acids is 2. The molecule has 1 atom stereocenters. The molecule has 0 bridgehead atoms. The van der Waals surface area contributed by atoms with Gasteiger partial charge >= 0.3 is 5.69 Å². The first-order chi connectivity index (χ1) is 14.8. The molecule has 0 saturated heterocycles. The lowest BCUT2D eigenvalue weighted by Crippen LogP contribution is -2.49. The van der Waals surface area contributed by atoms with Crippen molar-refractivity contribution >= 4 is 17.5 Å². The van der Waals surface area contributed by atoms with Crippen molar-refractivity contribution < 1.29 is 24.0 Å². The number of likely N-dealkylation sites (N-methyl/N-ethyl adjacent to an activating group) is 1. The lowest BCUT2D eigenvalue weighted by Gasteiger charge is -2.30. The molecule has 0 aliphatic carbocycles. The summed E-state index contributed by atoms with van der Waals surface area (Å²) in [5.41, 5.74) is 1.74. The molecular formula is C22H27N3O6. The normalized spacial score (nSPS) is 11.4. The van der Waals surface area contributed by atoms with Crippen molar-refractivity contribution in [1.29, 1.82) is 0 Å². The molecule has 2 aromatic carbocycles. The fourth-order valence-corrected chi connectivity index (χ4v) is 3.22. The Bertz CT molecular complexity index is 947. The van der Waals surface area contributed by atoms with Crippen LogP contribution in [0.4, 0.5) is 5.69 Å². The van der Waals surface area contributed by atoms with Crippen LogP contribution in [-0.2, 0) is 16.1 Å². The average molecular weight is 429 g/mol. The van der Waals surface area contributed by atoms with Gasteiger partial charge in [-0.15, -0.1) is 0 Å². The standard InChI is InChI=1S/C22H27N3O6/c1-5-18(22(27)23-3)24(13-16-8-6-7-15(2)11-16)21(26)14-31-17-9-10-19(25(28)29)20(12-17)30-4/h6-12,18H,5,13-14H2,1-4H3,(H,23,27)/t18-/m0/s1. The number of amides is 2. The summed E-state index contributed by atoms with van der Waals surface area (Å²) in [4.78, 5) is 37.4. The first-order valence-corrected chi connectivity index (χ1v) is 9.82. The predicted molar refractivity (Wildman–Crippen MR) is 115 cm³/mol. The Hall–Kier alpha value is -3.62. The van der Waals surface area contributed by atoms with Gasteiger partial charge in [0.25, 0.3) is 5.91 Å². The third-order valence-corrected chi connectivity index (χ3v) is 4.78. The number of hydrogen-bond acceptors (Lipinski definition) is 6. The van der Waals surface area contributed by atoms with Crippen molar-refractivity contribution in [3.05, 3.63) is 63.7 Å². The lowest BCUT2D eigenvalue weighted by atomic mass is 10.1. The number of nitrogens with one attached hydrogen (secondary N) is 1. The zero-order chi connectivity index (χ0) is 23.0. The van der Waals surface area contributed by atoms with Crippen LogP contribution in [0.3, 0.4) is 0 Å². The smallest absolute Gasteiger partial charge is 0.311 e. The number of aryl methyl sites for hydroxylation is 1. The van der Waals surface area contributed by atoms with Crippen molar-refractivity contribution in [2.75, 3.05) is 20.8 Å². The number of hydrogen-bond donors (Lipinski definition) is 1. The fraction of sp³-hybridized carbons (Fsp3) is 0.364. The maximum atomic E-state index is 13.0. The van der Waals surface area contributed by atoms with Gasteiger partial charge in [0.05, 0.1) is 12.0 Å². The van der Waals surface area contributed by atoms with Crippen LogP contribution in [0.2, 0.25) is 0 Å². The second-order valence-corrected chi connectivity index (χ2v) is 6.93. The van der Waals surface area contributed by atoms with Gasteiger partial charge in [-0.1, -0.05) is 36.8 Å². The number of rotatable bonds is 10. The topological polar surface area (TPSA) is 111 Å². The first-order valence-electron chi connectivity index (χ1n) is 9.82. The predicted octanol–water partition coefficient (Wildman–Crippen LogP) is 2.84. The summed E-state index contributed by atoms with van der Waals surface area (Å²) >= 11 is 0. The first kappa shape index (κ1) is 23.7. The summed E-state index contributed by atoms with van der Waals surface area (Å²) in [6.45, 7) is 3.70. The molecule has 2 rings (SSSR count). The summed E-state index contributed by atoms with van der Waals surface area (Å²) in [5, 5.41) is 13.6. The molecule has 0 saturated carbocycles. The largest absolute Gasteiger partial charge is 0.490 e. The molecule has 166 valence electrons. The highest BCUT2D eigenvalue weighted by atomic mass is 16.6. The van der Waals surface area contributed by atoms with E-state index in [-0.39, 0.29) is 42.2 Å². The maximum Gasteiger partial charge on any atom is 0.311 e. The Morgan fingerprint density at radius 2 is 1.97 bits per heavy atom. The Labute approximate surface area is 181 Å². The third kappa shape index (κ3) is 6.18. The van der Waals surface area contributed by atoms with Gasteiger partial charge in [-0.05, 0) is 25.0 Å². The van der Waals surface area contributed by atoms with Gasteiger partial charge in [0.15, 0.2) is 6.61 Å². The molecule has 2 amide bonds. The molecule has 0 aromatic heterocycles. The van der Waals surface area contributed by atoms with Crippen LogP contribution in [0, 0.1) is 17.0 Å². The second-order valence-electron chi connectivity index (χ2n) is 6.93. The minimum absolute atomic E-state index is 0.0309. The van der Waals surface area contributed by atoms with E-state index < -0.39 is 11.0 Å². The molecule has 1 N–H and O–H groups in total. The van der Waals surface area contributed by atoms with Gasteiger partial charge in [-0.3, -0.25) is 19.7 Å². The molecule has 9 heteroatoms. The van der Waals surface area contributed by atoms with E-state index in [1.54, 1.807) is 0 Å². The van der Waals surface area contributed by atoms with Gasteiger partial charge in [0, 0.05) is 25.7 Å². The molecule has 31 heavy (non-hydrogen) atoms. The van der Waals surface area contributed by atoms with Crippen LogP contribution >= 0.6 is 0 Å². The SMILES string of the molecule is CC[C@@H](C(=O)NC)N(Cc1cccc(C)c1)C(=O)COc1ccc([N+](=O)[O-])c(OC)c1.